The number of aromatic nitrogens is 4. The quantitative estimate of drug-likeness (QED) is 0.167. The van der Waals surface area contributed by atoms with Gasteiger partial charge in [0.1, 0.15) is 12.1 Å². The molecule has 0 saturated heterocycles. The van der Waals surface area contributed by atoms with Crippen LogP contribution in [0.1, 0.15) is 33.4 Å². The maximum absolute atomic E-state index is 12.7. The number of nitrogens with zero attached hydrogens (tertiary/aromatic N) is 6. The van der Waals surface area contributed by atoms with Crippen molar-refractivity contribution in [2.24, 2.45) is 0 Å². The zero-order valence-electron chi connectivity index (χ0n) is 43.6. The summed E-state index contributed by atoms with van der Waals surface area (Å²) in [7, 11) is 0. The monoisotopic (exact) mass is 1030 g/mol. The molecule has 4 heterocycles. The van der Waals surface area contributed by atoms with Crippen molar-refractivity contribution in [2.45, 2.75) is 5.41 Å². The molecule has 0 unspecified atom stereocenters. The minimum atomic E-state index is -0.837. The second kappa shape index (κ2) is 16.9. The Labute approximate surface area is 465 Å². The fourth-order valence-corrected chi connectivity index (χ4v) is 14.5. The van der Waals surface area contributed by atoms with Crippen LogP contribution in [0, 0.1) is 22.7 Å². The summed E-state index contributed by atoms with van der Waals surface area (Å²) in [6, 6.07) is 101. The molecule has 1 aliphatic carbocycles. The van der Waals surface area contributed by atoms with Gasteiger partial charge in [-0.3, -0.25) is 0 Å². The summed E-state index contributed by atoms with van der Waals surface area (Å²) < 4.78 is 9.44. The molecule has 0 fully saturated rings. The number of benzene rings is 12. The van der Waals surface area contributed by atoms with Crippen LogP contribution in [0.5, 0.6) is 0 Å². The Hall–Kier alpha value is -11.2. The molecule has 6 heteroatoms. The number of nitriles is 2. The predicted molar refractivity (Wildman–Crippen MR) is 331 cm³/mol. The molecule has 0 amide bonds. The normalized spacial score (nSPS) is 12.8. The molecule has 16 aromatic rings. The van der Waals surface area contributed by atoms with Crippen LogP contribution in [-0.4, -0.2) is 18.3 Å². The van der Waals surface area contributed by atoms with Gasteiger partial charge in [0, 0.05) is 48.7 Å². The van der Waals surface area contributed by atoms with Crippen LogP contribution in [0.4, 0.5) is 0 Å². The number of rotatable bonds is 6. The first-order valence-corrected chi connectivity index (χ1v) is 27.5. The van der Waals surface area contributed by atoms with Gasteiger partial charge in [-0.15, -0.1) is 0 Å². The van der Waals surface area contributed by atoms with Crippen LogP contribution >= 0.6 is 0 Å². The zero-order chi connectivity index (χ0) is 53.5. The van der Waals surface area contributed by atoms with E-state index in [0.29, 0.717) is 11.4 Å². The van der Waals surface area contributed by atoms with E-state index >= 15 is 0 Å². The third kappa shape index (κ3) is 5.82. The number of hydrogen-bond donors (Lipinski definition) is 0. The summed E-state index contributed by atoms with van der Waals surface area (Å²) in [5.41, 5.74) is 16.8. The van der Waals surface area contributed by atoms with E-state index < -0.39 is 5.41 Å². The molecule has 4 aromatic heterocycles. The maximum Gasteiger partial charge on any atom is 0.103 e. The van der Waals surface area contributed by atoms with E-state index in [1.807, 2.05) is 0 Å². The Bertz CT molecular complexity index is 5240. The maximum atomic E-state index is 12.7. The Morgan fingerprint density at radius 2 is 0.568 bits per heavy atom. The molecule has 1 aliphatic rings. The highest BCUT2D eigenvalue weighted by molar-refractivity contribution is 6.18. The van der Waals surface area contributed by atoms with Gasteiger partial charge >= 0.3 is 0 Å². The molecule has 17 rings (SSSR count). The van der Waals surface area contributed by atoms with Crippen LogP contribution in [0.25, 0.3) is 121 Å². The first-order valence-electron chi connectivity index (χ1n) is 27.5. The van der Waals surface area contributed by atoms with Crippen molar-refractivity contribution in [1.29, 1.82) is 10.5 Å². The van der Waals surface area contributed by atoms with Crippen molar-refractivity contribution >= 4 is 87.2 Å². The molecule has 6 nitrogen and oxygen atoms in total. The van der Waals surface area contributed by atoms with Gasteiger partial charge < -0.3 is 18.3 Å². The molecular weight excluding hydrogens is 985 g/mol. The standard InChI is InChI=1S/C75H44N6/c76-45-59-60(46-77)72(81-68-42-22-14-34-56(68)58-44-43-57-49-27-7-15-35-61(49)75(69(57)70(58)81,47-23-3-1-4-24-47)48-25-5-2-6-26-48)74(80-66-40-20-12-32-54(66)55-33-13-21-41-67(55)80)73(79-64-38-18-10-30-52(64)53-31-11-19-39-65(53)79)71(59)78-62-36-16-8-28-50(62)51-29-9-17-37-63(51)78/h1-44H. The van der Waals surface area contributed by atoms with E-state index in [0.717, 1.165) is 126 Å². The molecular formula is C75H44N6. The highest BCUT2D eigenvalue weighted by atomic mass is 15.1. The Morgan fingerprint density at radius 1 is 0.259 bits per heavy atom. The van der Waals surface area contributed by atoms with E-state index in [-0.39, 0.29) is 11.1 Å². The highest BCUT2D eigenvalue weighted by Crippen LogP contribution is 2.60. The van der Waals surface area contributed by atoms with Crippen molar-refractivity contribution in [3.8, 4) is 46.0 Å². The molecule has 374 valence electrons. The van der Waals surface area contributed by atoms with E-state index in [4.69, 9.17) is 0 Å². The molecule has 0 aliphatic heterocycles. The molecule has 0 atom stereocenters. The lowest BCUT2D eigenvalue weighted by Crippen LogP contribution is -2.29. The Balaban J connectivity index is 1.21. The second-order valence-electron chi connectivity index (χ2n) is 21.2. The molecule has 12 aromatic carbocycles. The van der Waals surface area contributed by atoms with Gasteiger partial charge in [-0.05, 0) is 70.3 Å². The van der Waals surface area contributed by atoms with E-state index in [1.165, 1.54) is 5.56 Å². The number of hydrogen-bond acceptors (Lipinski definition) is 2. The SMILES string of the molecule is N#Cc1c(C#N)c(-n2c3ccccc3c3ccc4c(c32)C(c2ccccc2)(c2ccccc2)c2ccccc2-4)c(-n2c3ccccc3c3ccccc32)c(-n2c3ccccc3c3ccccc32)c1-n1c2ccccc2c2ccccc21. The summed E-state index contributed by atoms with van der Waals surface area (Å²) in [5, 5.41) is 33.7. The third-order valence-electron chi connectivity index (χ3n) is 17.5. The average Bonchev–Trinajstić information content (AvgIpc) is 4.52. The van der Waals surface area contributed by atoms with Crippen molar-refractivity contribution in [3.63, 3.8) is 0 Å². The minimum Gasteiger partial charge on any atom is -0.306 e. The Morgan fingerprint density at radius 3 is 0.963 bits per heavy atom. The topological polar surface area (TPSA) is 67.3 Å². The van der Waals surface area contributed by atoms with E-state index in [1.54, 1.807) is 0 Å². The summed E-state index contributed by atoms with van der Waals surface area (Å²) in [6.07, 6.45) is 0. The Kier molecular flexibility index (Phi) is 9.37. The first kappa shape index (κ1) is 44.9. The van der Waals surface area contributed by atoms with Crippen molar-refractivity contribution in [3.05, 3.63) is 300 Å². The van der Waals surface area contributed by atoms with Crippen LogP contribution in [-0.2, 0) is 5.41 Å². The second-order valence-corrected chi connectivity index (χ2v) is 21.2. The van der Waals surface area contributed by atoms with Crippen LogP contribution in [0.2, 0.25) is 0 Å². The van der Waals surface area contributed by atoms with Gasteiger partial charge in [-0.25, -0.2) is 0 Å². The van der Waals surface area contributed by atoms with Crippen LogP contribution < -0.4 is 0 Å². The summed E-state index contributed by atoms with van der Waals surface area (Å²) in [5.74, 6) is 0. The molecule has 0 saturated carbocycles. The third-order valence-corrected chi connectivity index (χ3v) is 17.5. The summed E-state index contributed by atoms with van der Waals surface area (Å²) in [6.45, 7) is 0. The van der Waals surface area contributed by atoms with Crippen LogP contribution in [0.15, 0.2) is 267 Å². The first-order chi connectivity index (χ1) is 40.2. The summed E-state index contributed by atoms with van der Waals surface area (Å²) in [4.78, 5) is 0. The van der Waals surface area contributed by atoms with Gasteiger partial charge in [0.05, 0.1) is 83.4 Å². The highest BCUT2D eigenvalue weighted by Gasteiger charge is 2.48. The largest absolute Gasteiger partial charge is 0.306 e. The van der Waals surface area contributed by atoms with Crippen LogP contribution in [0.3, 0.4) is 0 Å². The fourth-order valence-electron chi connectivity index (χ4n) is 14.5. The summed E-state index contributed by atoms with van der Waals surface area (Å²) >= 11 is 0. The lowest BCUT2D eigenvalue weighted by molar-refractivity contribution is 0.771. The van der Waals surface area contributed by atoms with Gasteiger partial charge in [-0.1, -0.05) is 224 Å². The van der Waals surface area contributed by atoms with Crippen molar-refractivity contribution in [1.82, 2.24) is 18.3 Å². The van der Waals surface area contributed by atoms with Gasteiger partial charge in [0.15, 0.2) is 0 Å². The smallest absolute Gasteiger partial charge is 0.103 e. The molecule has 0 N–H and O–H groups in total. The molecule has 0 spiro atoms. The van der Waals surface area contributed by atoms with Gasteiger partial charge in [0.25, 0.3) is 0 Å². The van der Waals surface area contributed by atoms with Gasteiger partial charge in [0.2, 0.25) is 0 Å². The molecule has 81 heavy (non-hydrogen) atoms. The average molecular weight is 1030 g/mol. The van der Waals surface area contributed by atoms with E-state index in [2.05, 4.69) is 297 Å². The lowest BCUT2D eigenvalue weighted by atomic mass is 9.67. The van der Waals surface area contributed by atoms with Gasteiger partial charge in [-0.2, -0.15) is 10.5 Å². The minimum absolute atomic E-state index is 0.261. The van der Waals surface area contributed by atoms with Crippen molar-refractivity contribution < 1.29 is 0 Å². The zero-order valence-corrected chi connectivity index (χ0v) is 43.6. The predicted octanol–water partition coefficient (Wildman–Crippen LogP) is 18.2. The molecule has 0 radical (unpaired) electrons. The van der Waals surface area contributed by atoms with E-state index in [9.17, 15) is 10.5 Å². The fraction of sp³-hybridized carbons (Fsp3) is 0.0133. The van der Waals surface area contributed by atoms with Crippen molar-refractivity contribution in [2.75, 3.05) is 0 Å². The lowest BCUT2D eigenvalue weighted by Gasteiger charge is -2.35. The number of fused-ring (bicyclic) bond motifs is 16. The number of para-hydroxylation sites is 7. The molecule has 0 bridgehead atoms.